The van der Waals surface area contributed by atoms with Gasteiger partial charge in [0, 0.05) is 0 Å². The number of aromatic nitrogens is 2. The number of nitrogens with zero attached hydrogens (tertiary/aromatic N) is 2. The van der Waals surface area contributed by atoms with Crippen LogP contribution in [0.1, 0.15) is 32.6 Å². The summed E-state index contributed by atoms with van der Waals surface area (Å²) >= 11 is 0. The van der Waals surface area contributed by atoms with E-state index in [-0.39, 0.29) is 4.90 Å². The van der Waals surface area contributed by atoms with E-state index in [4.69, 9.17) is 0 Å². The Morgan fingerprint density at radius 3 is 2.27 bits per heavy atom. The maximum atomic E-state index is 10.3. The van der Waals surface area contributed by atoms with E-state index in [2.05, 4.69) is 41.8 Å². The molecule has 1 aromatic heterocycles. The third-order valence-electron chi connectivity index (χ3n) is 3.13. The molecule has 22 heavy (non-hydrogen) atoms. The van der Waals surface area contributed by atoms with Crippen molar-refractivity contribution in [3.8, 4) is 0 Å². The van der Waals surface area contributed by atoms with E-state index in [0.29, 0.717) is 0 Å². The molecular formula is C16H24N2O3S. The highest BCUT2D eigenvalue weighted by molar-refractivity contribution is 7.85. The first-order valence-electron chi connectivity index (χ1n) is 7.45. The standard InChI is InChI=1S/C10H19N2.C6H6O3S/c1-3-4-5-6-7-12-9-8-11(2)10-12;7-10(8,9)6-4-2-1-3-5-6/h8-10H,3-7H2,1-2H3;1-5H,(H,7,8,9)/q+1;/p-1. The Labute approximate surface area is 133 Å². The van der Waals surface area contributed by atoms with Crippen LogP contribution in [-0.2, 0) is 23.7 Å². The van der Waals surface area contributed by atoms with Crippen molar-refractivity contribution in [1.82, 2.24) is 4.57 Å². The molecule has 0 aliphatic rings. The van der Waals surface area contributed by atoms with E-state index >= 15 is 0 Å². The van der Waals surface area contributed by atoms with E-state index < -0.39 is 10.1 Å². The van der Waals surface area contributed by atoms with Crippen LogP contribution in [0.3, 0.4) is 0 Å². The van der Waals surface area contributed by atoms with Crippen molar-refractivity contribution in [2.24, 2.45) is 7.05 Å². The summed E-state index contributed by atoms with van der Waals surface area (Å²) in [5.74, 6) is 0. The summed E-state index contributed by atoms with van der Waals surface area (Å²) in [6, 6.07) is 7.19. The fourth-order valence-corrected chi connectivity index (χ4v) is 2.43. The molecule has 122 valence electrons. The Morgan fingerprint density at radius 2 is 1.82 bits per heavy atom. The first-order valence-corrected chi connectivity index (χ1v) is 8.86. The Balaban J connectivity index is 0.000000224. The monoisotopic (exact) mass is 324 g/mol. The van der Waals surface area contributed by atoms with Crippen LogP contribution < -0.4 is 4.57 Å². The van der Waals surface area contributed by atoms with Crippen molar-refractivity contribution in [2.45, 2.75) is 44.0 Å². The van der Waals surface area contributed by atoms with Crippen LogP contribution in [0.15, 0.2) is 53.9 Å². The number of hydrogen-bond donors (Lipinski definition) is 0. The van der Waals surface area contributed by atoms with Gasteiger partial charge in [-0.15, -0.1) is 0 Å². The highest BCUT2D eigenvalue weighted by Crippen LogP contribution is 2.05. The molecule has 0 aliphatic carbocycles. The summed E-state index contributed by atoms with van der Waals surface area (Å²) in [4.78, 5) is -0.185. The van der Waals surface area contributed by atoms with Gasteiger partial charge in [-0.1, -0.05) is 38.0 Å². The predicted octanol–water partition coefficient (Wildman–Crippen LogP) is 2.48. The van der Waals surface area contributed by atoms with E-state index in [1.54, 1.807) is 6.07 Å². The number of rotatable bonds is 6. The van der Waals surface area contributed by atoms with Crippen LogP contribution in [0.4, 0.5) is 0 Å². The maximum absolute atomic E-state index is 10.3. The van der Waals surface area contributed by atoms with Crippen LogP contribution >= 0.6 is 0 Å². The molecule has 0 saturated carbocycles. The van der Waals surface area contributed by atoms with Gasteiger partial charge in [-0.25, -0.2) is 17.6 Å². The molecule has 2 rings (SSSR count). The van der Waals surface area contributed by atoms with E-state index in [1.807, 2.05) is 0 Å². The number of imidazole rings is 1. The van der Waals surface area contributed by atoms with Gasteiger partial charge in [0.25, 0.3) is 0 Å². The Kier molecular flexibility index (Phi) is 7.84. The van der Waals surface area contributed by atoms with Crippen LogP contribution in [0.25, 0.3) is 0 Å². The van der Waals surface area contributed by atoms with Gasteiger partial charge in [0.15, 0.2) is 0 Å². The van der Waals surface area contributed by atoms with Crippen LogP contribution in [0.5, 0.6) is 0 Å². The molecule has 0 spiro atoms. The molecule has 0 saturated heterocycles. The van der Waals surface area contributed by atoms with Gasteiger partial charge < -0.3 is 4.55 Å². The van der Waals surface area contributed by atoms with E-state index in [1.165, 1.54) is 56.5 Å². The summed E-state index contributed by atoms with van der Waals surface area (Å²) in [5, 5.41) is 0. The van der Waals surface area contributed by atoms with Gasteiger partial charge >= 0.3 is 0 Å². The van der Waals surface area contributed by atoms with E-state index in [0.717, 1.165) is 0 Å². The van der Waals surface area contributed by atoms with Crippen molar-refractivity contribution in [1.29, 1.82) is 0 Å². The minimum absolute atomic E-state index is 0.185. The molecule has 0 N–H and O–H groups in total. The molecule has 6 heteroatoms. The molecule has 0 bridgehead atoms. The molecule has 0 fully saturated rings. The van der Waals surface area contributed by atoms with Gasteiger partial charge in [0.1, 0.15) is 22.5 Å². The normalized spacial score (nSPS) is 10.9. The first-order chi connectivity index (χ1) is 10.4. The van der Waals surface area contributed by atoms with Gasteiger partial charge in [0.2, 0.25) is 6.33 Å². The molecule has 1 heterocycles. The van der Waals surface area contributed by atoms with Crippen molar-refractivity contribution >= 4 is 10.1 Å². The van der Waals surface area contributed by atoms with Crippen LogP contribution in [0, 0.1) is 0 Å². The van der Waals surface area contributed by atoms with Crippen molar-refractivity contribution in [3.63, 3.8) is 0 Å². The second-order valence-corrected chi connectivity index (χ2v) is 6.52. The zero-order chi connectivity index (χ0) is 16.4. The summed E-state index contributed by atoms with van der Waals surface area (Å²) in [6.45, 7) is 3.41. The van der Waals surface area contributed by atoms with Gasteiger partial charge in [-0.05, 0) is 25.0 Å². The maximum Gasteiger partial charge on any atom is 0.243 e. The Morgan fingerprint density at radius 1 is 1.14 bits per heavy atom. The lowest BCUT2D eigenvalue weighted by Gasteiger charge is -2.04. The Bertz CT molecular complexity index is 636. The number of unbranched alkanes of at least 4 members (excludes halogenated alkanes) is 3. The molecule has 0 aliphatic heterocycles. The average molecular weight is 324 g/mol. The van der Waals surface area contributed by atoms with Crippen molar-refractivity contribution in [2.75, 3.05) is 0 Å². The SMILES string of the molecule is CCCCCCn1cc[n+](C)c1.O=S(=O)([O-])c1ccccc1. The highest BCUT2D eigenvalue weighted by atomic mass is 32.2. The number of hydrogen-bond acceptors (Lipinski definition) is 3. The number of aryl methyl sites for hydroxylation is 2. The van der Waals surface area contributed by atoms with Crippen molar-refractivity contribution < 1.29 is 17.5 Å². The molecule has 1 aromatic carbocycles. The fraction of sp³-hybridized carbons (Fsp3) is 0.438. The minimum atomic E-state index is -4.25. The van der Waals surface area contributed by atoms with Gasteiger partial charge in [-0.2, -0.15) is 0 Å². The van der Waals surface area contributed by atoms with Crippen LogP contribution in [-0.4, -0.2) is 17.5 Å². The van der Waals surface area contributed by atoms with Crippen LogP contribution in [0.2, 0.25) is 0 Å². The second-order valence-electron chi connectivity index (χ2n) is 5.14. The summed E-state index contributed by atoms with van der Waals surface area (Å²) < 4.78 is 35.2. The summed E-state index contributed by atoms with van der Waals surface area (Å²) in [7, 11) is -2.19. The smallest absolute Gasteiger partial charge is 0.243 e. The summed E-state index contributed by atoms with van der Waals surface area (Å²) in [5.41, 5.74) is 0. The van der Waals surface area contributed by atoms with Crippen molar-refractivity contribution in [3.05, 3.63) is 49.1 Å². The lowest BCUT2D eigenvalue weighted by Crippen LogP contribution is -2.23. The largest absolute Gasteiger partial charge is 0.744 e. The predicted molar refractivity (Wildman–Crippen MR) is 84.2 cm³/mol. The third kappa shape index (κ3) is 7.38. The van der Waals surface area contributed by atoms with E-state index in [9.17, 15) is 13.0 Å². The Hall–Kier alpha value is -1.66. The number of benzene rings is 1. The molecule has 0 atom stereocenters. The lowest BCUT2D eigenvalue weighted by atomic mass is 10.2. The average Bonchev–Trinajstić information content (AvgIpc) is 2.90. The molecular weight excluding hydrogens is 300 g/mol. The molecule has 2 aromatic rings. The molecule has 0 unspecified atom stereocenters. The lowest BCUT2D eigenvalue weighted by molar-refractivity contribution is -0.671. The quantitative estimate of drug-likeness (QED) is 0.466. The van der Waals surface area contributed by atoms with Gasteiger partial charge in [-0.3, -0.25) is 0 Å². The molecule has 0 amide bonds. The molecule has 0 radical (unpaired) electrons. The van der Waals surface area contributed by atoms with Gasteiger partial charge in [0.05, 0.1) is 18.5 Å². The molecule has 5 nitrogen and oxygen atoms in total. The summed E-state index contributed by atoms with van der Waals surface area (Å²) in [6.07, 6.45) is 11.7. The fourth-order valence-electron chi connectivity index (χ4n) is 1.94. The topological polar surface area (TPSA) is 66.0 Å². The first kappa shape index (κ1) is 18.4. The minimum Gasteiger partial charge on any atom is -0.744 e. The zero-order valence-electron chi connectivity index (χ0n) is 13.2. The second kappa shape index (κ2) is 9.38. The third-order valence-corrected chi connectivity index (χ3v) is 3.97. The zero-order valence-corrected chi connectivity index (χ0v) is 14.0. The highest BCUT2D eigenvalue weighted by Gasteiger charge is 1.98.